The number of alkyl halides is 5. The lowest BCUT2D eigenvalue weighted by Gasteiger charge is -2.39. The summed E-state index contributed by atoms with van der Waals surface area (Å²) in [5, 5.41) is 24.4. The van der Waals surface area contributed by atoms with Gasteiger partial charge in [0.25, 0.3) is 5.92 Å². The molecule has 2 atom stereocenters. The van der Waals surface area contributed by atoms with Crippen LogP contribution in [0.4, 0.5) is 38.0 Å². The molecule has 0 unspecified atom stereocenters. The molecule has 4 heterocycles. The van der Waals surface area contributed by atoms with Crippen LogP contribution in [-0.2, 0) is 22.4 Å². The van der Waals surface area contributed by atoms with Gasteiger partial charge in [0, 0.05) is 11.8 Å². The molecule has 0 bridgehead atoms. The predicted octanol–water partition coefficient (Wildman–Crippen LogP) is 5.94. The van der Waals surface area contributed by atoms with E-state index in [1.165, 1.54) is 39.7 Å². The predicted molar refractivity (Wildman–Crippen MR) is 163 cm³/mol. The van der Waals surface area contributed by atoms with Crippen LogP contribution < -0.4 is 20.3 Å². The number of ether oxygens (including phenoxy) is 1. The maximum atomic E-state index is 13.2. The first-order valence-corrected chi connectivity index (χ1v) is 16.2. The highest BCUT2D eigenvalue weighted by Crippen LogP contribution is 2.43. The van der Waals surface area contributed by atoms with Crippen molar-refractivity contribution in [1.82, 2.24) is 25.4 Å². The minimum absolute atomic E-state index is 0.0483. The largest absolute Gasteiger partial charge is 0.573 e. The zero-order chi connectivity index (χ0) is 33.2. The SMILES string of the molecule is O=C(Cc1cccc(OC(F)(F)F)c1)Nc1nnc([C@H]2CCC[C@H](c3nnc(NC(=O)Cc4cccc(N5CC(F)(F)C5)n4)s3)C2)s1. The molecule has 1 saturated carbocycles. The fourth-order valence-electron chi connectivity index (χ4n) is 5.48. The van der Waals surface area contributed by atoms with Gasteiger partial charge in [0.15, 0.2) is 0 Å². The number of rotatable bonds is 10. The molecular formula is C29H27F5N8O3S2. The van der Waals surface area contributed by atoms with E-state index in [-0.39, 0.29) is 30.6 Å². The van der Waals surface area contributed by atoms with Gasteiger partial charge in [-0.3, -0.25) is 9.59 Å². The van der Waals surface area contributed by atoms with E-state index in [0.29, 0.717) is 27.3 Å². The van der Waals surface area contributed by atoms with Crippen molar-refractivity contribution in [2.45, 2.75) is 62.6 Å². The number of pyridine rings is 1. The molecule has 3 aromatic heterocycles. The number of aromatic nitrogens is 5. The van der Waals surface area contributed by atoms with Crippen molar-refractivity contribution in [1.29, 1.82) is 0 Å². The van der Waals surface area contributed by atoms with Crippen LogP contribution in [0.5, 0.6) is 5.75 Å². The number of hydrogen-bond acceptors (Lipinski definition) is 11. The number of nitrogens with zero attached hydrogens (tertiary/aromatic N) is 6. The molecule has 2 N–H and O–H groups in total. The molecule has 47 heavy (non-hydrogen) atoms. The van der Waals surface area contributed by atoms with Gasteiger partial charge in [-0.1, -0.05) is 47.3 Å². The summed E-state index contributed by atoms with van der Waals surface area (Å²) >= 11 is 2.53. The minimum atomic E-state index is -4.83. The Hall–Kier alpha value is -4.32. The van der Waals surface area contributed by atoms with Crippen LogP contribution >= 0.6 is 22.7 Å². The first kappa shape index (κ1) is 32.6. The van der Waals surface area contributed by atoms with Crippen molar-refractivity contribution in [2.75, 3.05) is 28.6 Å². The maximum absolute atomic E-state index is 13.2. The monoisotopic (exact) mass is 694 g/mol. The fourth-order valence-corrected chi connectivity index (χ4v) is 7.30. The van der Waals surface area contributed by atoms with E-state index < -0.39 is 37.0 Å². The highest BCUT2D eigenvalue weighted by atomic mass is 32.1. The van der Waals surface area contributed by atoms with Gasteiger partial charge in [-0.05, 0) is 49.1 Å². The second kappa shape index (κ2) is 13.4. The van der Waals surface area contributed by atoms with Crippen LogP contribution in [-0.4, -0.2) is 62.6 Å². The van der Waals surface area contributed by atoms with E-state index in [1.807, 2.05) is 0 Å². The molecule has 0 spiro atoms. The van der Waals surface area contributed by atoms with Gasteiger partial charge in [0.1, 0.15) is 21.6 Å². The number of amides is 2. The molecule has 2 fully saturated rings. The smallest absolute Gasteiger partial charge is 0.406 e. The Kier molecular flexibility index (Phi) is 9.32. The normalized spacial score (nSPS) is 19.1. The van der Waals surface area contributed by atoms with E-state index in [2.05, 4.69) is 40.7 Å². The van der Waals surface area contributed by atoms with Gasteiger partial charge in [-0.2, -0.15) is 0 Å². The Balaban J connectivity index is 0.997. The average molecular weight is 695 g/mol. The van der Waals surface area contributed by atoms with Crippen molar-refractivity contribution in [3.8, 4) is 5.75 Å². The third kappa shape index (κ3) is 8.73. The summed E-state index contributed by atoms with van der Waals surface area (Å²) in [6.07, 6.45) is -1.67. The molecular weight excluding hydrogens is 667 g/mol. The van der Waals surface area contributed by atoms with Crippen LogP contribution in [0.3, 0.4) is 0 Å². The Bertz CT molecular complexity index is 1740. The second-order valence-corrected chi connectivity index (χ2v) is 13.3. The van der Waals surface area contributed by atoms with Crippen molar-refractivity contribution in [2.24, 2.45) is 0 Å². The third-order valence-electron chi connectivity index (χ3n) is 7.55. The lowest BCUT2D eigenvalue weighted by molar-refractivity contribution is -0.274. The highest BCUT2D eigenvalue weighted by Gasteiger charge is 2.44. The molecule has 4 aromatic rings. The molecule has 0 radical (unpaired) electrons. The summed E-state index contributed by atoms with van der Waals surface area (Å²) in [4.78, 5) is 31.0. The van der Waals surface area contributed by atoms with E-state index in [0.717, 1.165) is 47.8 Å². The van der Waals surface area contributed by atoms with Crippen LogP contribution in [0.1, 0.15) is 58.8 Å². The average Bonchev–Trinajstić information content (AvgIpc) is 3.65. The van der Waals surface area contributed by atoms with Crippen molar-refractivity contribution >= 4 is 50.6 Å². The number of hydrogen-bond donors (Lipinski definition) is 2. The van der Waals surface area contributed by atoms with Gasteiger partial charge in [-0.15, -0.1) is 33.6 Å². The summed E-state index contributed by atoms with van der Waals surface area (Å²) in [5.41, 5.74) is 0.798. The van der Waals surface area contributed by atoms with E-state index in [4.69, 9.17) is 0 Å². The first-order valence-electron chi connectivity index (χ1n) is 14.6. The van der Waals surface area contributed by atoms with Crippen molar-refractivity contribution in [3.05, 3.63) is 63.7 Å². The molecule has 1 aromatic carbocycles. The van der Waals surface area contributed by atoms with Gasteiger partial charge in [0.2, 0.25) is 22.1 Å². The maximum Gasteiger partial charge on any atom is 0.573 e. The second-order valence-electron chi connectivity index (χ2n) is 11.3. The molecule has 1 aliphatic carbocycles. The molecule has 2 aliphatic rings. The first-order chi connectivity index (χ1) is 22.4. The summed E-state index contributed by atoms with van der Waals surface area (Å²) in [5.74, 6) is -3.37. The van der Waals surface area contributed by atoms with Crippen LogP contribution in [0.15, 0.2) is 42.5 Å². The quantitative estimate of drug-likeness (QED) is 0.193. The summed E-state index contributed by atoms with van der Waals surface area (Å²) in [6, 6.07) is 10.2. The van der Waals surface area contributed by atoms with Crippen LogP contribution in [0.25, 0.3) is 0 Å². The third-order valence-corrected chi connectivity index (χ3v) is 9.55. The Morgan fingerprint density at radius 3 is 2.13 bits per heavy atom. The van der Waals surface area contributed by atoms with Gasteiger partial charge < -0.3 is 20.3 Å². The lowest BCUT2D eigenvalue weighted by Crippen LogP contribution is -2.56. The molecule has 1 saturated heterocycles. The Morgan fingerprint density at radius 1 is 0.894 bits per heavy atom. The van der Waals surface area contributed by atoms with E-state index >= 15 is 0 Å². The number of nitrogens with one attached hydrogen (secondary N) is 2. The van der Waals surface area contributed by atoms with Crippen molar-refractivity contribution < 1.29 is 36.3 Å². The molecule has 6 rings (SSSR count). The molecule has 1 aliphatic heterocycles. The number of anilines is 3. The van der Waals surface area contributed by atoms with Gasteiger partial charge >= 0.3 is 6.36 Å². The standard InChI is InChI=1S/C29H27F5N8O3S2/c30-28(31)14-42(15-28)21-9-3-7-19(35-21)13-23(44)37-27-41-39-25(47-27)18-6-2-5-17(12-18)24-38-40-26(46-24)36-22(43)11-16-4-1-8-20(10-16)45-29(32,33)34/h1,3-4,7-10,17-18H,2,5-6,11-15H2,(H,36,40,43)(H,37,41,44)/t17-,18-/m0/s1. The molecule has 2 amide bonds. The topological polar surface area (TPSA) is 135 Å². The highest BCUT2D eigenvalue weighted by molar-refractivity contribution is 7.15. The molecule has 11 nitrogen and oxygen atoms in total. The summed E-state index contributed by atoms with van der Waals surface area (Å²) in [6.45, 7) is -0.791. The zero-order valence-electron chi connectivity index (χ0n) is 24.5. The number of carbonyl (C=O) groups is 2. The summed E-state index contributed by atoms with van der Waals surface area (Å²) < 4.78 is 67.9. The summed E-state index contributed by atoms with van der Waals surface area (Å²) in [7, 11) is 0. The zero-order valence-corrected chi connectivity index (χ0v) is 26.1. The van der Waals surface area contributed by atoms with Crippen molar-refractivity contribution in [3.63, 3.8) is 0 Å². The number of halogens is 5. The van der Waals surface area contributed by atoms with Crippen LogP contribution in [0.2, 0.25) is 0 Å². The van der Waals surface area contributed by atoms with Gasteiger partial charge in [-0.25, -0.2) is 13.8 Å². The minimum Gasteiger partial charge on any atom is -0.406 e. The fraction of sp³-hybridized carbons (Fsp3) is 0.414. The lowest BCUT2D eigenvalue weighted by atomic mass is 9.82. The van der Waals surface area contributed by atoms with E-state index in [9.17, 15) is 31.5 Å². The van der Waals surface area contributed by atoms with Crippen LogP contribution in [0, 0.1) is 0 Å². The Labute approximate surface area is 272 Å². The van der Waals surface area contributed by atoms with E-state index in [1.54, 1.807) is 18.2 Å². The molecule has 18 heteroatoms. The van der Waals surface area contributed by atoms with Gasteiger partial charge in [0.05, 0.1) is 31.6 Å². The number of benzene rings is 1. The molecule has 248 valence electrons. The Morgan fingerprint density at radius 2 is 1.51 bits per heavy atom. The number of carbonyl (C=O) groups excluding carboxylic acids is 2.